The van der Waals surface area contributed by atoms with E-state index in [1.165, 1.54) is 13.2 Å². The molecule has 1 aromatic heterocycles. The van der Waals surface area contributed by atoms with Gasteiger partial charge in [0.05, 0.1) is 24.2 Å². The quantitative estimate of drug-likeness (QED) is 0.626. The highest BCUT2D eigenvalue weighted by Crippen LogP contribution is 2.34. The number of hydrogen-bond acceptors (Lipinski definition) is 2. The van der Waals surface area contributed by atoms with Gasteiger partial charge in [-0.3, -0.25) is 0 Å². The number of nitrogens with zero attached hydrogens (tertiary/aromatic N) is 1. The lowest BCUT2D eigenvalue weighted by Gasteiger charge is -2.10. The predicted octanol–water partition coefficient (Wildman–Crippen LogP) is 3.53. The maximum atomic E-state index is 12.5. The van der Waals surface area contributed by atoms with Crippen molar-refractivity contribution in [3.8, 4) is 5.75 Å². The standard InChI is InChI=1S/C8H7BrClF2NO/c1-14-5-2-4(3-10)13-7(9)6(5)8(11)12/h2,8H,3H2,1H3. The van der Waals surface area contributed by atoms with Crippen molar-refractivity contribution < 1.29 is 13.5 Å². The van der Waals surface area contributed by atoms with E-state index in [1.54, 1.807) is 0 Å². The fourth-order valence-electron chi connectivity index (χ4n) is 0.984. The molecule has 0 saturated heterocycles. The van der Waals surface area contributed by atoms with Gasteiger partial charge in [-0.2, -0.15) is 0 Å². The van der Waals surface area contributed by atoms with Gasteiger partial charge in [0.25, 0.3) is 6.43 Å². The zero-order valence-electron chi connectivity index (χ0n) is 7.23. The molecule has 1 heterocycles. The SMILES string of the molecule is COc1cc(CCl)nc(Br)c1C(F)F. The Balaban J connectivity index is 3.27. The number of halogens is 4. The van der Waals surface area contributed by atoms with Crippen LogP contribution in [0.2, 0.25) is 0 Å². The fourth-order valence-corrected chi connectivity index (χ4v) is 1.72. The van der Waals surface area contributed by atoms with Gasteiger partial charge in [0.15, 0.2) is 0 Å². The Kier molecular flexibility index (Phi) is 4.07. The average molecular weight is 287 g/mol. The maximum absolute atomic E-state index is 12.5. The molecule has 0 N–H and O–H groups in total. The molecule has 0 bridgehead atoms. The van der Waals surface area contributed by atoms with Crippen molar-refractivity contribution in [1.82, 2.24) is 4.98 Å². The van der Waals surface area contributed by atoms with Crippen LogP contribution < -0.4 is 4.74 Å². The van der Waals surface area contributed by atoms with Crippen molar-refractivity contribution >= 4 is 27.5 Å². The molecule has 0 atom stereocenters. The molecule has 0 radical (unpaired) electrons. The van der Waals surface area contributed by atoms with E-state index in [-0.39, 0.29) is 21.8 Å². The summed E-state index contributed by atoms with van der Waals surface area (Å²) in [6, 6.07) is 1.40. The molecule has 0 unspecified atom stereocenters. The number of pyridine rings is 1. The molecule has 0 aliphatic carbocycles. The molecule has 0 amide bonds. The molecule has 0 aliphatic rings. The Hall–Kier alpha value is -0.420. The van der Waals surface area contributed by atoms with Crippen LogP contribution in [0.3, 0.4) is 0 Å². The highest BCUT2D eigenvalue weighted by molar-refractivity contribution is 9.10. The number of hydrogen-bond donors (Lipinski definition) is 0. The van der Waals surface area contributed by atoms with Gasteiger partial charge in [-0.05, 0) is 15.9 Å². The first-order valence-electron chi connectivity index (χ1n) is 3.67. The van der Waals surface area contributed by atoms with Crippen molar-refractivity contribution in [3.63, 3.8) is 0 Å². The number of methoxy groups -OCH3 is 1. The molecular weight excluding hydrogens is 279 g/mol. The number of ether oxygens (including phenoxy) is 1. The first-order valence-corrected chi connectivity index (χ1v) is 5.00. The van der Waals surface area contributed by atoms with Crippen LogP contribution in [0.1, 0.15) is 17.7 Å². The summed E-state index contributed by atoms with van der Waals surface area (Å²) in [7, 11) is 1.33. The van der Waals surface area contributed by atoms with E-state index in [1.807, 2.05) is 0 Å². The van der Waals surface area contributed by atoms with Gasteiger partial charge in [0.1, 0.15) is 10.4 Å². The Morgan fingerprint density at radius 1 is 1.64 bits per heavy atom. The van der Waals surface area contributed by atoms with E-state index in [9.17, 15) is 8.78 Å². The molecule has 6 heteroatoms. The third kappa shape index (κ3) is 2.33. The summed E-state index contributed by atoms with van der Waals surface area (Å²) in [4.78, 5) is 3.85. The number of rotatable bonds is 3. The largest absolute Gasteiger partial charge is 0.496 e. The van der Waals surface area contributed by atoms with Crippen LogP contribution in [0.15, 0.2) is 10.7 Å². The smallest absolute Gasteiger partial charge is 0.270 e. The summed E-state index contributed by atoms with van der Waals surface area (Å²) in [5.74, 6) is 0.246. The number of alkyl halides is 3. The second-order valence-electron chi connectivity index (χ2n) is 2.45. The van der Waals surface area contributed by atoms with Gasteiger partial charge >= 0.3 is 0 Å². The summed E-state index contributed by atoms with van der Waals surface area (Å²) in [5.41, 5.74) is 0.237. The molecule has 1 aromatic rings. The highest BCUT2D eigenvalue weighted by Gasteiger charge is 2.19. The fraction of sp³-hybridized carbons (Fsp3) is 0.375. The van der Waals surface area contributed by atoms with Crippen molar-refractivity contribution in [3.05, 3.63) is 21.9 Å². The van der Waals surface area contributed by atoms with E-state index in [0.29, 0.717) is 5.69 Å². The van der Waals surface area contributed by atoms with Crippen LogP contribution in [0, 0.1) is 0 Å². The Morgan fingerprint density at radius 3 is 2.71 bits per heavy atom. The summed E-state index contributed by atoms with van der Waals surface area (Å²) in [6.45, 7) is 0. The third-order valence-electron chi connectivity index (χ3n) is 1.60. The van der Waals surface area contributed by atoms with Gasteiger partial charge in [-0.15, -0.1) is 11.6 Å². The highest BCUT2D eigenvalue weighted by atomic mass is 79.9. The van der Waals surface area contributed by atoms with Crippen LogP contribution in [0.4, 0.5) is 8.78 Å². The lowest BCUT2D eigenvalue weighted by molar-refractivity contribution is 0.145. The predicted molar refractivity (Wildman–Crippen MR) is 53.0 cm³/mol. The summed E-state index contributed by atoms with van der Waals surface area (Å²) >= 11 is 8.48. The average Bonchev–Trinajstić information content (AvgIpc) is 2.15. The Labute approximate surface area is 93.4 Å². The van der Waals surface area contributed by atoms with Crippen molar-refractivity contribution in [2.24, 2.45) is 0 Å². The van der Waals surface area contributed by atoms with Crippen LogP contribution in [-0.2, 0) is 5.88 Å². The minimum absolute atomic E-state index is 0.0718. The molecule has 1 rings (SSSR count). The molecule has 78 valence electrons. The van der Waals surface area contributed by atoms with E-state index in [0.717, 1.165) is 0 Å². The second-order valence-corrected chi connectivity index (χ2v) is 3.47. The van der Waals surface area contributed by atoms with Crippen LogP contribution in [-0.4, -0.2) is 12.1 Å². The van der Waals surface area contributed by atoms with Gasteiger partial charge in [0, 0.05) is 6.07 Å². The van der Waals surface area contributed by atoms with Gasteiger partial charge in [-0.1, -0.05) is 0 Å². The van der Waals surface area contributed by atoms with Gasteiger partial charge < -0.3 is 4.74 Å². The molecule has 0 saturated carbocycles. The molecule has 14 heavy (non-hydrogen) atoms. The molecular formula is C8H7BrClF2NO. The summed E-state index contributed by atoms with van der Waals surface area (Å²) in [5, 5.41) is 0. The third-order valence-corrected chi connectivity index (χ3v) is 2.48. The first-order chi connectivity index (χ1) is 6.60. The minimum atomic E-state index is -2.63. The Morgan fingerprint density at radius 2 is 2.29 bits per heavy atom. The van der Waals surface area contributed by atoms with Gasteiger partial charge in [-0.25, -0.2) is 13.8 Å². The number of aromatic nitrogens is 1. The topological polar surface area (TPSA) is 22.1 Å². The van der Waals surface area contributed by atoms with E-state index >= 15 is 0 Å². The Bertz CT molecular complexity index is 335. The van der Waals surface area contributed by atoms with Crippen molar-refractivity contribution in [2.45, 2.75) is 12.3 Å². The zero-order chi connectivity index (χ0) is 10.7. The van der Waals surface area contributed by atoms with Crippen LogP contribution in [0.25, 0.3) is 0 Å². The minimum Gasteiger partial charge on any atom is -0.496 e. The summed E-state index contributed by atoms with van der Waals surface area (Å²) < 4.78 is 29.9. The van der Waals surface area contributed by atoms with E-state index in [4.69, 9.17) is 16.3 Å². The molecule has 0 fully saturated rings. The van der Waals surface area contributed by atoms with Crippen LogP contribution >= 0.6 is 27.5 Å². The van der Waals surface area contributed by atoms with Crippen molar-refractivity contribution in [2.75, 3.05) is 7.11 Å². The monoisotopic (exact) mass is 285 g/mol. The lowest BCUT2D eigenvalue weighted by atomic mass is 10.2. The summed E-state index contributed by atoms with van der Waals surface area (Å²) in [6.07, 6.45) is -2.63. The van der Waals surface area contributed by atoms with Crippen LogP contribution in [0.5, 0.6) is 5.75 Å². The maximum Gasteiger partial charge on any atom is 0.270 e. The van der Waals surface area contributed by atoms with Gasteiger partial charge in [0.2, 0.25) is 0 Å². The van der Waals surface area contributed by atoms with Crippen molar-refractivity contribution in [1.29, 1.82) is 0 Å². The zero-order valence-corrected chi connectivity index (χ0v) is 9.57. The molecule has 2 nitrogen and oxygen atoms in total. The first kappa shape index (κ1) is 11.7. The lowest BCUT2D eigenvalue weighted by Crippen LogP contribution is -1.99. The normalized spacial score (nSPS) is 10.7. The second kappa shape index (κ2) is 4.89. The molecule has 0 aromatic carbocycles. The molecule has 0 spiro atoms. The van der Waals surface area contributed by atoms with E-state index in [2.05, 4.69) is 20.9 Å². The molecule has 0 aliphatic heterocycles. The van der Waals surface area contributed by atoms with E-state index < -0.39 is 6.43 Å².